The van der Waals surface area contributed by atoms with E-state index in [0.717, 1.165) is 17.8 Å². The Kier molecular flexibility index (Phi) is 4.50. The first-order valence-corrected chi connectivity index (χ1v) is 6.30. The second-order valence-corrected chi connectivity index (χ2v) is 4.17. The zero-order chi connectivity index (χ0) is 13.5. The van der Waals surface area contributed by atoms with Gasteiger partial charge in [0.15, 0.2) is 0 Å². The van der Waals surface area contributed by atoms with Gasteiger partial charge in [0.2, 0.25) is 5.91 Å². The molecule has 0 saturated carbocycles. The molecule has 1 N–H and O–H groups in total. The van der Waals surface area contributed by atoms with Gasteiger partial charge in [0.25, 0.3) is 0 Å². The first-order chi connectivity index (χ1) is 9.29. The van der Waals surface area contributed by atoms with Crippen molar-refractivity contribution in [3.8, 4) is 0 Å². The smallest absolute Gasteiger partial charge is 0.244 e. The molecule has 2 rings (SSSR count). The van der Waals surface area contributed by atoms with Crippen molar-refractivity contribution in [2.24, 2.45) is 5.10 Å². The summed E-state index contributed by atoms with van der Waals surface area (Å²) in [5.74, 6) is -0.114. The molecule has 2 aromatic rings. The number of nitrogens with one attached hydrogen (secondary N) is 1. The third kappa shape index (κ3) is 3.81. The van der Waals surface area contributed by atoms with E-state index in [0.29, 0.717) is 6.42 Å². The van der Waals surface area contributed by atoms with Crippen LogP contribution in [0.25, 0.3) is 0 Å². The lowest BCUT2D eigenvalue weighted by Crippen LogP contribution is -2.19. The number of aromatic nitrogens is 1. The number of aryl methyl sites for hydroxylation is 1. The summed E-state index contributed by atoms with van der Waals surface area (Å²) in [4.78, 5) is 11.7. The number of hydrazone groups is 1. The number of rotatable bonds is 5. The second kappa shape index (κ2) is 6.54. The van der Waals surface area contributed by atoms with Gasteiger partial charge in [-0.05, 0) is 24.6 Å². The average molecular weight is 255 g/mol. The number of carbonyl (C=O) groups excluding carboxylic acids is 1. The molecule has 0 spiro atoms. The molecule has 4 nitrogen and oxygen atoms in total. The predicted octanol–water partition coefficient (Wildman–Crippen LogP) is 2.20. The molecule has 1 aromatic heterocycles. The Labute approximate surface area is 112 Å². The largest absolute Gasteiger partial charge is 0.347 e. The highest BCUT2D eigenvalue weighted by Gasteiger charge is 2.01. The molecule has 0 bridgehead atoms. The maximum absolute atomic E-state index is 11.7. The summed E-state index contributed by atoms with van der Waals surface area (Å²) in [5.41, 5.74) is 4.49. The van der Waals surface area contributed by atoms with E-state index in [9.17, 15) is 4.79 Å². The minimum absolute atomic E-state index is 0.114. The first-order valence-electron chi connectivity index (χ1n) is 6.30. The minimum atomic E-state index is -0.114. The van der Waals surface area contributed by atoms with Crippen molar-refractivity contribution in [1.29, 1.82) is 0 Å². The zero-order valence-electron chi connectivity index (χ0n) is 10.9. The topological polar surface area (TPSA) is 46.4 Å². The van der Waals surface area contributed by atoms with Crippen LogP contribution < -0.4 is 5.43 Å². The maximum atomic E-state index is 11.7. The van der Waals surface area contributed by atoms with Gasteiger partial charge in [0.05, 0.1) is 18.3 Å². The molecule has 0 fully saturated rings. The number of hydrogen-bond donors (Lipinski definition) is 1. The molecule has 1 amide bonds. The molecule has 0 aliphatic carbocycles. The molecule has 0 unspecified atom stereocenters. The van der Waals surface area contributed by atoms with Crippen LogP contribution in [0.15, 0.2) is 53.8 Å². The molecule has 0 radical (unpaired) electrons. The summed E-state index contributed by atoms with van der Waals surface area (Å²) in [5, 5.41) is 3.97. The van der Waals surface area contributed by atoms with Crippen LogP contribution in [0.5, 0.6) is 0 Å². The quantitative estimate of drug-likeness (QED) is 0.646. The molecular formula is C15H17N3O. The molecule has 0 atom stereocenters. The Morgan fingerprint density at radius 3 is 2.79 bits per heavy atom. The Morgan fingerprint density at radius 1 is 1.26 bits per heavy atom. The third-order valence-electron chi connectivity index (χ3n) is 2.80. The van der Waals surface area contributed by atoms with Crippen LogP contribution in [0, 0.1) is 0 Å². The number of benzene rings is 1. The second-order valence-electron chi connectivity index (χ2n) is 4.17. The number of carbonyl (C=O) groups is 1. The van der Waals surface area contributed by atoms with E-state index in [1.165, 1.54) is 0 Å². The molecule has 98 valence electrons. The highest BCUT2D eigenvalue weighted by Crippen LogP contribution is 2.00. The van der Waals surface area contributed by atoms with E-state index in [1.807, 2.05) is 53.2 Å². The van der Waals surface area contributed by atoms with Crippen LogP contribution >= 0.6 is 0 Å². The summed E-state index contributed by atoms with van der Waals surface area (Å²) >= 11 is 0. The molecule has 0 aliphatic heterocycles. The van der Waals surface area contributed by atoms with Crippen LogP contribution in [-0.4, -0.2) is 16.7 Å². The normalized spacial score (nSPS) is 10.8. The Morgan fingerprint density at radius 2 is 2.05 bits per heavy atom. The van der Waals surface area contributed by atoms with Crippen LogP contribution in [-0.2, 0) is 17.8 Å². The Bertz CT molecular complexity index is 558. The van der Waals surface area contributed by atoms with Gasteiger partial charge in [-0.3, -0.25) is 4.79 Å². The van der Waals surface area contributed by atoms with E-state index in [4.69, 9.17) is 0 Å². The van der Waals surface area contributed by atoms with Gasteiger partial charge >= 0.3 is 0 Å². The van der Waals surface area contributed by atoms with Crippen LogP contribution in [0.2, 0.25) is 0 Å². The van der Waals surface area contributed by atoms with Crippen LogP contribution in [0.3, 0.4) is 0 Å². The minimum Gasteiger partial charge on any atom is -0.347 e. The molecule has 1 heterocycles. The van der Waals surface area contributed by atoms with Gasteiger partial charge in [-0.15, -0.1) is 0 Å². The van der Waals surface area contributed by atoms with Crippen molar-refractivity contribution in [2.45, 2.75) is 19.9 Å². The van der Waals surface area contributed by atoms with Gasteiger partial charge in [-0.2, -0.15) is 5.10 Å². The lowest BCUT2D eigenvalue weighted by atomic mass is 10.1. The number of hydrogen-bond acceptors (Lipinski definition) is 2. The summed E-state index contributed by atoms with van der Waals surface area (Å²) in [6, 6.07) is 13.5. The van der Waals surface area contributed by atoms with Crippen molar-refractivity contribution in [2.75, 3.05) is 0 Å². The summed E-state index contributed by atoms with van der Waals surface area (Å²) in [7, 11) is 0. The predicted molar refractivity (Wildman–Crippen MR) is 76.0 cm³/mol. The van der Waals surface area contributed by atoms with E-state index in [2.05, 4.69) is 17.5 Å². The van der Waals surface area contributed by atoms with E-state index < -0.39 is 0 Å². The molecule has 1 aromatic carbocycles. The fourth-order valence-corrected chi connectivity index (χ4v) is 1.82. The lowest BCUT2D eigenvalue weighted by Gasteiger charge is -2.01. The summed E-state index contributed by atoms with van der Waals surface area (Å²) in [6.45, 7) is 2.94. The van der Waals surface area contributed by atoms with Crippen molar-refractivity contribution in [3.05, 3.63) is 59.9 Å². The Hall–Kier alpha value is -2.36. The first kappa shape index (κ1) is 13.1. The fourth-order valence-electron chi connectivity index (χ4n) is 1.82. The van der Waals surface area contributed by atoms with E-state index in [1.54, 1.807) is 6.21 Å². The zero-order valence-corrected chi connectivity index (χ0v) is 10.9. The molecule has 4 heteroatoms. The lowest BCUT2D eigenvalue weighted by molar-refractivity contribution is -0.120. The molecular weight excluding hydrogens is 238 g/mol. The molecule has 19 heavy (non-hydrogen) atoms. The standard InChI is InChI=1S/C15H17N3O/c1-2-18-10-6-9-14(18)12-16-17-15(19)11-13-7-4-3-5-8-13/h3-10,12H,2,11H2,1H3,(H,17,19)/b16-12-. The molecule has 0 saturated heterocycles. The average Bonchev–Trinajstić information content (AvgIpc) is 2.87. The van der Waals surface area contributed by atoms with Gasteiger partial charge in [-0.1, -0.05) is 30.3 Å². The van der Waals surface area contributed by atoms with E-state index in [-0.39, 0.29) is 5.91 Å². The van der Waals surface area contributed by atoms with Crippen LogP contribution in [0.1, 0.15) is 18.2 Å². The van der Waals surface area contributed by atoms with Crippen molar-refractivity contribution in [1.82, 2.24) is 9.99 Å². The Balaban J connectivity index is 1.87. The van der Waals surface area contributed by atoms with Crippen molar-refractivity contribution < 1.29 is 4.79 Å². The SMILES string of the molecule is CCn1cccc1/C=N\NC(=O)Cc1ccccc1. The van der Waals surface area contributed by atoms with Gasteiger partial charge in [0.1, 0.15) is 0 Å². The fraction of sp³-hybridized carbons (Fsp3) is 0.200. The summed E-state index contributed by atoms with van der Waals surface area (Å²) in [6.07, 6.45) is 3.98. The van der Waals surface area contributed by atoms with Crippen molar-refractivity contribution in [3.63, 3.8) is 0 Å². The van der Waals surface area contributed by atoms with Crippen molar-refractivity contribution >= 4 is 12.1 Å². The van der Waals surface area contributed by atoms with Gasteiger partial charge < -0.3 is 4.57 Å². The van der Waals surface area contributed by atoms with Gasteiger partial charge in [-0.25, -0.2) is 5.43 Å². The maximum Gasteiger partial charge on any atom is 0.244 e. The monoisotopic (exact) mass is 255 g/mol. The number of amides is 1. The van der Waals surface area contributed by atoms with E-state index >= 15 is 0 Å². The third-order valence-corrected chi connectivity index (χ3v) is 2.80. The van der Waals surface area contributed by atoms with Crippen LogP contribution in [0.4, 0.5) is 0 Å². The highest BCUT2D eigenvalue weighted by atomic mass is 16.2. The molecule has 0 aliphatic rings. The summed E-state index contributed by atoms with van der Waals surface area (Å²) < 4.78 is 2.05. The van der Waals surface area contributed by atoms with Gasteiger partial charge in [0, 0.05) is 12.7 Å². The highest BCUT2D eigenvalue weighted by molar-refractivity contribution is 5.82. The number of nitrogens with zero attached hydrogens (tertiary/aromatic N) is 2.